The molecule has 3 fully saturated rings. The van der Waals surface area contributed by atoms with Gasteiger partial charge in [0.25, 0.3) is 0 Å². The predicted molar refractivity (Wildman–Crippen MR) is 66.0 cm³/mol. The molecule has 1 saturated carbocycles. The van der Waals surface area contributed by atoms with Crippen LogP contribution < -0.4 is 4.90 Å². The second-order valence-electron chi connectivity index (χ2n) is 5.16. The van der Waals surface area contributed by atoms with Crippen molar-refractivity contribution in [1.82, 2.24) is 0 Å². The van der Waals surface area contributed by atoms with E-state index in [0.717, 1.165) is 25.8 Å². The Bertz CT molecular complexity index is 417. The Morgan fingerprint density at radius 3 is 2.59 bits per heavy atom. The lowest BCUT2D eigenvalue weighted by molar-refractivity contribution is -0.145. The molecule has 3 unspecified atom stereocenters. The molecular formula is C14H17NO2. The molecule has 0 radical (unpaired) electrons. The number of carboxylic acid groups (broad SMARTS) is 1. The van der Waals surface area contributed by atoms with Crippen molar-refractivity contribution in [2.24, 2.45) is 11.8 Å². The fraction of sp³-hybridized carbons (Fsp3) is 0.500. The highest BCUT2D eigenvalue weighted by Crippen LogP contribution is 2.41. The van der Waals surface area contributed by atoms with Gasteiger partial charge in [-0.15, -0.1) is 0 Å². The Labute approximate surface area is 101 Å². The van der Waals surface area contributed by atoms with Gasteiger partial charge >= 0.3 is 5.97 Å². The standard InChI is InChI=1S/C14H17NO2/c16-14(17)13-8-12-7-6-10(13)9-15(12)11-4-2-1-3-5-11/h1-5,10,12-13H,6-9H2,(H,16,17). The van der Waals surface area contributed by atoms with Gasteiger partial charge in [-0.1, -0.05) is 18.2 Å². The number of fused-ring (bicyclic) bond motifs is 3. The summed E-state index contributed by atoms with van der Waals surface area (Å²) in [5.74, 6) is -0.390. The maximum absolute atomic E-state index is 11.2. The van der Waals surface area contributed by atoms with Crippen LogP contribution in [0.15, 0.2) is 30.3 Å². The van der Waals surface area contributed by atoms with Crippen LogP contribution in [0.25, 0.3) is 0 Å². The number of nitrogens with zero attached hydrogens (tertiary/aromatic N) is 1. The first kappa shape index (κ1) is 10.6. The summed E-state index contributed by atoms with van der Waals surface area (Å²) in [5.41, 5.74) is 1.24. The molecule has 2 aliphatic heterocycles. The molecular weight excluding hydrogens is 214 g/mol. The van der Waals surface area contributed by atoms with E-state index in [-0.39, 0.29) is 5.92 Å². The zero-order valence-corrected chi connectivity index (χ0v) is 9.75. The molecule has 90 valence electrons. The molecule has 3 heteroatoms. The Balaban J connectivity index is 1.82. The maximum Gasteiger partial charge on any atom is 0.306 e. The number of anilines is 1. The monoisotopic (exact) mass is 231 g/mol. The third kappa shape index (κ3) is 1.79. The normalized spacial score (nSPS) is 31.5. The first-order chi connectivity index (χ1) is 8.25. The topological polar surface area (TPSA) is 40.5 Å². The van der Waals surface area contributed by atoms with Crippen LogP contribution in [0.4, 0.5) is 5.69 Å². The van der Waals surface area contributed by atoms with Crippen molar-refractivity contribution in [1.29, 1.82) is 0 Å². The number of hydrogen-bond acceptors (Lipinski definition) is 2. The number of benzene rings is 1. The van der Waals surface area contributed by atoms with Crippen molar-refractivity contribution >= 4 is 11.7 Å². The summed E-state index contributed by atoms with van der Waals surface area (Å²) in [6.45, 7) is 0.908. The van der Waals surface area contributed by atoms with Crippen LogP contribution in [0.3, 0.4) is 0 Å². The van der Waals surface area contributed by atoms with Gasteiger partial charge in [-0.05, 0) is 37.3 Å². The van der Waals surface area contributed by atoms with Gasteiger partial charge in [0.2, 0.25) is 0 Å². The number of para-hydroxylation sites is 1. The molecule has 3 aliphatic rings. The lowest BCUT2D eigenvalue weighted by Crippen LogP contribution is -2.53. The zero-order chi connectivity index (χ0) is 11.8. The molecule has 1 N–H and O–H groups in total. The highest BCUT2D eigenvalue weighted by molar-refractivity contribution is 5.71. The fourth-order valence-electron chi connectivity index (χ4n) is 3.35. The summed E-state index contributed by atoms with van der Waals surface area (Å²) in [4.78, 5) is 13.6. The van der Waals surface area contributed by atoms with Gasteiger partial charge in [-0.2, -0.15) is 0 Å². The predicted octanol–water partition coefficient (Wildman–Crippen LogP) is 2.38. The third-order valence-electron chi connectivity index (χ3n) is 4.24. The third-order valence-corrected chi connectivity index (χ3v) is 4.24. The van der Waals surface area contributed by atoms with E-state index in [0.29, 0.717) is 12.0 Å². The van der Waals surface area contributed by atoms with E-state index in [9.17, 15) is 9.90 Å². The Morgan fingerprint density at radius 1 is 1.24 bits per heavy atom. The summed E-state index contributed by atoms with van der Waals surface area (Å²) < 4.78 is 0. The summed E-state index contributed by atoms with van der Waals surface area (Å²) >= 11 is 0. The fourth-order valence-corrected chi connectivity index (χ4v) is 3.35. The summed E-state index contributed by atoms with van der Waals surface area (Å²) in [6.07, 6.45) is 3.03. The van der Waals surface area contributed by atoms with Crippen LogP contribution >= 0.6 is 0 Å². The number of piperidine rings is 2. The van der Waals surface area contributed by atoms with Gasteiger partial charge in [-0.25, -0.2) is 0 Å². The molecule has 17 heavy (non-hydrogen) atoms. The van der Waals surface area contributed by atoms with E-state index < -0.39 is 5.97 Å². The van der Waals surface area contributed by atoms with Crippen LogP contribution in [0.1, 0.15) is 19.3 Å². The molecule has 1 aliphatic carbocycles. The van der Waals surface area contributed by atoms with E-state index in [1.54, 1.807) is 0 Å². The highest BCUT2D eigenvalue weighted by Gasteiger charge is 2.43. The van der Waals surface area contributed by atoms with Gasteiger partial charge in [0.15, 0.2) is 0 Å². The molecule has 2 heterocycles. The minimum atomic E-state index is -0.604. The quantitative estimate of drug-likeness (QED) is 0.849. The van der Waals surface area contributed by atoms with E-state index in [1.165, 1.54) is 5.69 Å². The second-order valence-corrected chi connectivity index (χ2v) is 5.16. The maximum atomic E-state index is 11.2. The molecule has 1 aromatic carbocycles. The van der Waals surface area contributed by atoms with E-state index in [2.05, 4.69) is 17.0 Å². The van der Waals surface area contributed by atoms with E-state index in [1.807, 2.05) is 18.2 Å². The van der Waals surface area contributed by atoms with Crippen LogP contribution in [-0.2, 0) is 4.79 Å². The number of aliphatic carboxylic acids is 1. The zero-order valence-electron chi connectivity index (χ0n) is 9.75. The average Bonchev–Trinajstić information content (AvgIpc) is 2.40. The Kier molecular flexibility index (Phi) is 2.54. The van der Waals surface area contributed by atoms with Crippen molar-refractivity contribution in [2.75, 3.05) is 11.4 Å². The van der Waals surface area contributed by atoms with Crippen LogP contribution in [0.2, 0.25) is 0 Å². The van der Waals surface area contributed by atoms with Gasteiger partial charge in [-0.3, -0.25) is 4.79 Å². The van der Waals surface area contributed by atoms with Crippen molar-refractivity contribution < 1.29 is 9.90 Å². The van der Waals surface area contributed by atoms with Crippen LogP contribution in [0, 0.1) is 11.8 Å². The second kappa shape index (κ2) is 4.06. The first-order valence-corrected chi connectivity index (χ1v) is 6.30. The first-order valence-electron chi connectivity index (χ1n) is 6.30. The molecule has 3 atom stereocenters. The highest BCUT2D eigenvalue weighted by atomic mass is 16.4. The number of carbonyl (C=O) groups is 1. The molecule has 0 aromatic heterocycles. The van der Waals surface area contributed by atoms with Crippen LogP contribution in [-0.4, -0.2) is 23.7 Å². The van der Waals surface area contributed by atoms with Gasteiger partial charge in [0.1, 0.15) is 0 Å². The lowest BCUT2D eigenvalue weighted by Gasteiger charge is -2.49. The Hall–Kier alpha value is -1.51. The van der Waals surface area contributed by atoms with Crippen molar-refractivity contribution in [3.05, 3.63) is 30.3 Å². The van der Waals surface area contributed by atoms with Crippen LogP contribution in [0.5, 0.6) is 0 Å². The van der Waals surface area contributed by atoms with Gasteiger partial charge < -0.3 is 10.0 Å². The molecule has 4 rings (SSSR count). The molecule has 3 nitrogen and oxygen atoms in total. The molecule has 2 bridgehead atoms. The molecule has 2 saturated heterocycles. The summed E-state index contributed by atoms with van der Waals surface area (Å²) in [6, 6.07) is 10.8. The number of rotatable bonds is 2. The molecule has 0 spiro atoms. The van der Waals surface area contributed by atoms with Crippen molar-refractivity contribution in [3.63, 3.8) is 0 Å². The molecule has 1 aromatic rings. The van der Waals surface area contributed by atoms with E-state index >= 15 is 0 Å². The SMILES string of the molecule is O=C(O)C1CC2CCC1CN2c1ccccc1. The van der Waals surface area contributed by atoms with E-state index in [4.69, 9.17) is 0 Å². The molecule has 0 amide bonds. The van der Waals surface area contributed by atoms with Gasteiger partial charge in [0.05, 0.1) is 5.92 Å². The number of carboxylic acids is 1. The number of hydrogen-bond donors (Lipinski definition) is 1. The lowest BCUT2D eigenvalue weighted by atomic mass is 9.72. The van der Waals surface area contributed by atoms with Crippen molar-refractivity contribution in [2.45, 2.75) is 25.3 Å². The smallest absolute Gasteiger partial charge is 0.306 e. The minimum Gasteiger partial charge on any atom is -0.481 e. The summed E-state index contributed by atoms with van der Waals surface area (Å²) in [7, 11) is 0. The largest absolute Gasteiger partial charge is 0.481 e. The van der Waals surface area contributed by atoms with Crippen molar-refractivity contribution in [3.8, 4) is 0 Å². The summed E-state index contributed by atoms with van der Waals surface area (Å²) in [5, 5.41) is 9.20. The Morgan fingerprint density at radius 2 is 2.00 bits per heavy atom. The average molecular weight is 231 g/mol. The van der Waals surface area contributed by atoms with Gasteiger partial charge in [0, 0.05) is 18.3 Å². The minimum absolute atomic E-state index is 0.117.